The second-order valence-electron chi connectivity index (χ2n) is 5.80. The molecule has 1 heterocycles. The van der Waals surface area contributed by atoms with Gasteiger partial charge in [0.2, 0.25) is 0 Å². The first-order valence-corrected chi connectivity index (χ1v) is 7.33. The van der Waals surface area contributed by atoms with E-state index in [1.165, 1.54) is 0 Å². The Bertz CT molecular complexity index is 527. The number of benzene rings is 1. The molecule has 2 amide bonds. The number of aliphatic carboxylic acids is 1. The lowest BCUT2D eigenvalue weighted by molar-refractivity contribution is -0.148. The van der Waals surface area contributed by atoms with E-state index in [9.17, 15) is 14.7 Å². The molecule has 1 saturated heterocycles. The second-order valence-corrected chi connectivity index (χ2v) is 5.80. The summed E-state index contributed by atoms with van der Waals surface area (Å²) < 4.78 is 0. The first-order valence-electron chi connectivity index (χ1n) is 7.33. The summed E-state index contributed by atoms with van der Waals surface area (Å²) in [5.74, 6) is -0.796. The number of carbonyl (C=O) groups is 2. The summed E-state index contributed by atoms with van der Waals surface area (Å²) in [4.78, 5) is 25.4. The van der Waals surface area contributed by atoms with Crippen LogP contribution in [-0.4, -0.2) is 35.1 Å². The van der Waals surface area contributed by atoms with E-state index >= 15 is 0 Å². The predicted molar refractivity (Wildman–Crippen MR) is 81.4 cm³/mol. The largest absolute Gasteiger partial charge is 0.481 e. The third kappa shape index (κ3) is 3.35. The van der Waals surface area contributed by atoms with E-state index in [-0.39, 0.29) is 12.6 Å². The zero-order valence-corrected chi connectivity index (χ0v) is 12.6. The lowest BCUT2D eigenvalue weighted by Gasteiger charge is -2.24. The number of carbonyl (C=O) groups excluding carboxylic acids is 1. The SMILES string of the molecule is CCCC1(C(=O)O)CCN(C(=O)Nc2ccc(C)cc2)C1. The van der Waals surface area contributed by atoms with Crippen molar-refractivity contribution < 1.29 is 14.7 Å². The Morgan fingerprint density at radius 1 is 1.33 bits per heavy atom. The van der Waals surface area contributed by atoms with Crippen molar-refractivity contribution in [3.05, 3.63) is 29.8 Å². The van der Waals surface area contributed by atoms with Gasteiger partial charge in [0.25, 0.3) is 0 Å². The summed E-state index contributed by atoms with van der Waals surface area (Å²) in [5, 5.41) is 12.3. The molecule has 1 unspecified atom stereocenters. The third-order valence-electron chi connectivity index (χ3n) is 4.13. The topological polar surface area (TPSA) is 69.6 Å². The van der Waals surface area contributed by atoms with Gasteiger partial charge in [0.15, 0.2) is 0 Å². The molecule has 0 aliphatic carbocycles. The maximum Gasteiger partial charge on any atom is 0.321 e. The minimum absolute atomic E-state index is 0.224. The van der Waals surface area contributed by atoms with E-state index in [4.69, 9.17) is 0 Å². The van der Waals surface area contributed by atoms with Crippen LogP contribution >= 0.6 is 0 Å². The van der Waals surface area contributed by atoms with Crippen LogP contribution in [0.25, 0.3) is 0 Å². The van der Waals surface area contributed by atoms with E-state index in [0.717, 1.165) is 17.7 Å². The molecule has 114 valence electrons. The highest BCUT2D eigenvalue weighted by atomic mass is 16.4. The van der Waals surface area contributed by atoms with Crippen molar-refractivity contribution in [2.75, 3.05) is 18.4 Å². The molecule has 2 N–H and O–H groups in total. The van der Waals surface area contributed by atoms with Gasteiger partial charge in [-0.25, -0.2) is 4.79 Å². The number of carboxylic acids is 1. The first-order chi connectivity index (χ1) is 9.97. The number of aryl methyl sites for hydroxylation is 1. The number of hydrogen-bond donors (Lipinski definition) is 2. The minimum atomic E-state index is -0.796. The van der Waals surface area contributed by atoms with Crippen LogP contribution in [0.1, 0.15) is 31.7 Å². The Kier molecular flexibility index (Phi) is 4.50. The fourth-order valence-electron chi connectivity index (χ4n) is 2.85. The van der Waals surface area contributed by atoms with Crippen molar-refractivity contribution in [2.24, 2.45) is 5.41 Å². The van der Waals surface area contributed by atoms with Crippen molar-refractivity contribution in [1.82, 2.24) is 4.90 Å². The molecule has 5 heteroatoms. The summed E-state index contributed by atoms with van der Waals surface area (Å²) in [5.41, 5.74) is 1.08. The average Bonchev–Trinajstić information content (AvgIpc) is 2.88. The van der Waals surface area contributed by atoms with Gasteiger partial charge in [-0.05, 0) is 31.9 Å². The Labute approximate surface area is 125 Å². The molecular weight excluding hydrogens is 268 g/mol. The Morgan fingerprint density at radius 3 is 2.57 bits per heavy atom. The molecule has 1 aliphatic heterocycles. The van der Waals surface area contributed by atoms with Crippen LogP contribution in [0.3, 0.4) is 0 Å². The van der Waals surface area contributed by atoms with Crippen LogP contribution in [0.15, 0.2) is 24.3 Å². The van der Waals surface area contributed by atoms with Crippen molar-refractivity contribution in [1.29, 1.82) is 0 Å². The number of likely N-dealkylation sites (tertiary alicyclic amines) is 1. The number of nitrogens with one attached hydrogen (secondary N) is 1. The second kappa shape index (κ2) is 6.16. The van der Waals surface area contributed by atoms with Crippen LogP contribution in [0.5, 0.6) is 0 Å². The molecule has 1 atom stereocenters. The smallest absolute Gasteiger partial charge is 0.321 e. The number of amides is 2. The zero-order valence-electron chi connectivity index (χ0n) is 12.6. The van der Waals surface area contributed by atoms with Gasteiger partial charge in [-0.3, -0.25) is 4.79 Å². The fourth-order valence-corrected chi connectivity index (χ4v) is 2.85. The van der Waals surface area contributed by atoms with E-state index in [0.29, 0.717) is 19.4 Å². The molecule has 5 nitrogen and oxygen atoms in total. The standard InChI is InChI=1S/C16H22N2O3/c1-3-8-16(14(19)20)9-10-18(11-16)15(21)17-13-6-4-12(2)5-7-13/h4-7H,3,8-11H2,1-2H3,(H,17,21)(H,19,20). The van der Waals surface area contributed by atoms with Crippen molar-refractivity contribution in [2.45, 2.75) is 33.1 Å². The molecule has 0 bridgehead atoms. The predicted octanol–water partition coefficient (Wildman–Crippen LogP) is 3.10. The maximum absolute atomic E-state index is 12.2. The van der Waals surface area contributed by atoms with Crippen molar-refractivity contribution in [3.63, 3.8) is 0 Å². The summed E-state index contributed by atoms with van der Waals surface area (Å²) in [7, 11) is 0. The number of urea groups is 1. The van der Waals surface area contributed by atoms with Crippen LogP contribution < -0.4 is 5.32 Å². The van der Waals surface area contributed by atoms with Gasteiger partial charge in [0, 0.05) is 18.8 Å². The van der Waals surface area contributed by atoms with Crippen molar-refractivity contribution >= 4 is 17.7 Å². The van der Waals surface area contributed by atoms with Gasteiger partial charge in [-0.1, -0.05) is 31.0 Å². The van der Waals surface area contributed by atoms with Gasteiger partial charge in [-0.15, -0.1) is 0 Å². The third-order valence-corrected chi connectivity index (χ3v) is 4.13. The van der Waals surface area contributed by atoms with Crippen LogP contribution in [0, 0.1) is 12.3 Å². The van der Waals surface area contributed by atoms with E-state index in [2.05, 4.69) is 5.32 Å². The summed E-state index contributed by atoms with van der Waals surface area (Å²) >= 11 is 0. The van der Waals surface area contributed by atoms with Gasteiger partial charge >= 0.3 is 12.0 Å². The maximum atomic E-state index is 12.2. The Hall–Kier alpha value is -2.04. The number of carboxylic acid groups (broad SMARTS) is 1. The molecule has 1 aromatic rings. The van der Waals surface area contributed by atoms with Gasteiger partial charge in [0.1, 0.15) is 0 Å². The monoisotopic (exact) mass is 290 g/mol. The number of rotatable bonds is 4. The first kappa shape index (κ1) is 15.4. The lowest BCUT2D eigenvalue weighted by Crippen LogP contribution is -2.38. The van der Waals surface area contributed by atoms with Crippen LogP contribution in [0.4, 0.5) is 10.5 Å². The summed E-state index contributed by atoms with van der Waals surface area (Å²) in [6.45, 7) is 4.73. The van der Waals surface area contributed by atoms with E-state index in [1.807, 2.05) is 38.1 Å². The quantitative estimate of drug-likeness (QED) is 0.895. The molecular formula is C16H22N2O3. The Balaban J connectivity index is 2.01. The minimum Gasteiger partial charge on any atom is -0.481 e. The normalized spacial score (nSPS) is 21.3. The van der Waals surface area contributed by atoms with Crippen LogP contribution in [0.2, 0.25) is 0 Å². The van der Waals surface area contributed by atoms with E-state index in [1.54, 1.807) is 4.90 Å². The highest BCUT2D eigenvalue weighted by molar-refractivity contribution is 5.90. The molecule has 0 radical (unpaired) electrons. The molecule has 2 rings (SSSR count). The average molecular weight is 290 g/mol. The van der Waals surface area contributed by atoms with Gasteiger partial charge < -0.3 is 15.3 Å². The molecule has 0 aromatic heterocycles. The van der Waals surface area contributed by atoms with Gasteiger partial charge in [0.05, 0.1) is 5.41 Å². The number of anilines is 1. The van der Waals surface area contributed by atoms with E-state index < -0.39 is 11.4 Å². The molecule has 0 spiro atoms. The zero-order chi connectivity index (χ0) is 15.5. The summed E-state index contributed by atoms with van der Waals surface area (Å²) in [6, 6.07) is 7.33. The highest BCUT2D eigenvalue weighted by Crippen LogP contribution is 2.35. The number of nitrogens with zero attached hydrogens (tertiary/aromatic N) is 1. The van der Waals surface area contributed by atoms with Gasteiger partial charge in [-0.2, -0.15) is 0 Å². The molecule has 1 aliphatic rings. The highest BCUT2D eigenvalue weighted by Gasteiger charge is 2.45. The fraction of sp³-hybridized carbons (Fsp3) is 0.500. The molecule has 1 aromatic carbocycles. The lowest BCUT2D eigenvalue weighted by atomic mass is 9.83. The molecule has 1 fully saturated rings. The summed E-state index contributed by atoms with van der Waals surface area (Å²) in [6.07, 6.45) is 1.94. The van der Waals surface area contributed by atoms with Crippen LogP contribution in [-0.2, 0) is 4.79 Å². The molecule has 0 saturated carbocycles. The number of hydrogen-bond acceptors (Lipinski definition) is 2. The molecule has 21 heavy (non-hydrogen) atoms. The van der Waals surface area contributed by atoms with Crippen molar-refractivity contribution in [3.8, 4) is 0 Å². The Morgan fingerprint density at radius 2 is 2.00 bits per heavy atom.